The predicted octanol–water partition coefficient (Wildman–Crippen LogP) is 2.73. The Morgan fingerprint density at radius 3 is 2.48 bits per heavy atom. The molecule has 1 unspecified atom stereocenters. The molecule has 0 spiro atoms. The van der Waals surface area contributed by atoms with E-state index in [-0.39, 0.29) is 0 Å². The molecule has 5 heteroatoms. The Labute approximate surface area is 126 Å². The second-order valence-electron chi connectivity index (χ2n) is 5.29. The van der Waals surface area contributed by atoms with E-state index in [0.29, 0.717) is 18.2 Å². The van der Waals surface area contributed by atoms with Crippen LogP contribution in [-0.2, 0) is 4.79 Å². The topological polar surface area (TPSA) is 67.4 Å². The van der Waals surface area contributed by atoms with Crippen LogP contribution in [0.25, 0.3) is 0 Å². The summed E-state index contributed by atoms with van der Waals surface area (Å²) in [5.41, 5.74) is 2.10. The number of nitrogens with one attached hydrogen (secondary N) is 2. The van der Waals surface area contributed by atoms with Crippen LogP contribution in [0.5, 0.6) is 5.75 Å². The van der Waals surface area contributed by atoms with Gasteiger partial charge in [0, 0.05) is 6.54 Å². The normalized spacial score (nSPS) is 11.9. The monoisotopic (exact) mass is 292 g/mol. The number of carbonyl (C=O) groups excluding carboxylic acids is 2. The van der Waals surface area contributed by atoms with Crippen molar-refractivity contribution in [1.29, 1.82) is 0 Å². The van der Waals surface area contributed by atoms with Crippen LogP contribution in [-0.4, -0.2) is 24.6 Å². The predicted molar refractivity (Wildman–Crippen MR) is 82.6 cm³/mol. The first-order chi connectivity index (χ1) is 9.85. The lowest BCUT2D eigenvalue weighted by Crippen LogP contribution is -2.45. The highest BCUT2D eigenvalue weighted by Gasteiger charge is 2.18. The fourth-order valence-corrected chi connectivity index (χ4v) is 1.77. The van der Waals surface area contributed by atoms with Gasteiger partial charge >= 0.3 is 6.03 Å². The van der Waals surface area contributed by atoms with Gasteiger partial charge in [0.05, 0.1) is 0 Å². The van der Waals surface area contributed by atoms with Crippen LogP contribution in [0, 0.1) is 6.92 Å². The van der Waals surface area contributed by atoms with E-state index in [0.717, 1.165) is 11.1 Å². The second-order valence-corrected chi connectivity index (χ2v) is 5.29. The average molecular weight is 292 g/mol. The van der Waals surface area contributed by atoms with Gasteiger partial charge in [0.1, 0.15) is 5.75 Å². The number of amides is 3. The van der Waals surface area contributed by atoms with Crippen LogP contribution in [0.1, 0.15) is 44.7 Å². The van der Waals surface area contributed by atoms with E-state index < -0.39 is 18.0 Å². The summed E-state index contributed by atoms with van der Waals surface area (Å²) in [5, 5.41) is 4.75. The van der Waals surface area contributed by atoms with Crippen molar-refractivity contribution in [3.05, 3.63) is 29.3 Å². The minimum absolute atomic E-state index is 0.382. The van der Waals surface area contributed by atoms with Crippen molar-refractivity contribution in [2.75, 3.05) is 6.54 Å². The van der Waals surface area contributed by atoms with Gasteiger partial charge in [-0.1, -0.05) is 26.0 Å². The first-order valence-corrected chi connectivity index (χ1v) is 7.21. The van der Waals surface area contributed by atoms with Crippen LogP contribution >= 0.6 is 0 Å². The molecule has 116 valence electrons. The third kappa shape index (κ3) is 5.10. The van der Waals surface area contributed by atoms with Crippen molar-refractivity contribution in [3.8, 4) is 5.75 Å². The highest BCUT2D eigenvalue weighted by molar-refractivity contribution is 5.96. The lowest BCUT2D eigenvalue weighted by molar-refractivity contribution is -0.126. The van der Waals surface area contributed by atoms with Crippen LogP contribution in [0.3, 0.4) is 0 Å². The molecule has 1 aromatic carbocycles. The van der Waals surface area contributed by atoms with E-state index in [4.69, 9.17) is 4.74 Å². The first-order valence-electron chi connectivity index (χ1n) is 7.21. The lowest BCUT2D eigenvalue weighted by Gasteiger charge is -2.17. The molecule has 1 rings (SSSR count). The van der Waals surface area contributed by atoms with Crippen molar-refractivity contribution in [3.63, 3.8) is 0 Å². The molecule has 0 fully saturated rings. The number of urea groups is 1. The molecular weight excluding hydrogens is 268 g/mol. The Kier molecular flexibility index (Phi) is 6.21. The quantitative estimate of drug-likeness (QED) is 0.877. The van der Waals surface area contributed by atoms with Gasteiger partial charge < -0.3 is 10.1 Å². The standard InChI is InChI=1S/C16H24N2O3/c1-6-17-16(20)18-15(19)12(5)21-14-9-13(10(2)3)8-7-11(14)4/h7-10,12H,6H2,1-5H3,(H2,17,18,19,20). The van der Waals surface area contributed by atoms with Crippen molar-refractivity contribution < 1.29 is 14.3 Å². The van der Waals surface area contributed by atoms with Crippen molar-refractivity contribution in [2.24, 2.45) is 0 Å². The molecule has 0 aromatic heterocycles. The number of ether oxygens (including phenoxy) is 1. The second kappa shape index (κ2) is 7.67. The summed E-state index contributed by atoms with van der Waals surface area (Å²) < 4.78 is 5.68. The zero-order chi connectivity index (χ0) is 16.0. The molecule has 0 heterocycles. The van der Waals surface area contributed by atoms with Crippen molar-refractivity contribution in [2.45, 2.75) is 46.6 Å². The van der Waals surface area contributed by atoms with E-state index in [9.17, 15) is 9.59 Å². The number of hydrogen-bond donors (Lipinski definition) is 2. The summed E-state index contributed by atoms with van der Waals surface area (Å²) in [6, 6.07) is 5.45. The fourth-order valence-electron chi connectivity index (χ4n) is 1.77. The van der Waals surface area contributed by atoms with Gasteiger partial charge in [0.15, 0.2) is 6.10 Å². The summed E-state index contributed by atoms with van der Waals surface area (Å²) in [7, 11) is 0. The molecule has 2 N–H and O–H groups in total. The molecule has 1 atom stereocenters. The molecule has 1 aromatic rings. The van der Waals surface area contributed by atoms with E-state index in [1.165, 1.54) is 0 Å². The van der Waals surface area contributed by atoms with E-state index >= 15 is 0 Å². The Balaban J connectivity index is 2.73. The Morgan fingerprint density at radius 2 is 1.90 bits per heavy atom. The lowest BCUT2D eigenvalue weighted by atomic mass is 10.0. The molecule has 0 radical (unpaired) electrons. The minimum atomic E-state index is -0.742. The maximum Gasteiger partial charge on any atom is 0.321 e. The zero-order valence-corrected chi connectivity index (χ0v) is 13.3. The van der Waals surface area contributed by atoms with E-state index in [2.05, 4.69) is 24.5 Å². The van der Waals surface area contributed by atoms with Crippen LogP contribution in [0.15, 0.2) is 18.2 Å². The zero-order valence-electron chi connectivity index (χ0n) is 13.3. The van der Waals surface area contributed by atoms with Gasteiger partial charge in [-0.05, 0) is 43.9 Å². The summed E-state index contributed by atoms with van der Waals surface area (Å²) >= 11 is 0. The van der Waals surface area contributed by atoms with Gasteiger partial charge in [0.2, 0.25) is 0 Å². The maximum absolute atomic E-state index is 11.9. The minimum Gasteiger partial charge on any atom is -0.481 e. The van der Waals surface area contributed by atoms with Gasteiger partial charge in [-0.25, -0.2) is 4.79 Å². The Morgan fingerprint density at radius 1 is 1.24 bits per heavy atom. The molecule has 0 saturated carbocycles. The highest BCUT2D eigenvalue weighted by Crippen LogP contribution is 2.25. The van der Waals surface area contributed by atoms with Crippen LogP contribution in [0.4, 0.5) is 4.79 Å². The number of aryl methyl sites for hydroxylation is 1. The molecule has 5 nitrogen and oxygen atoms in total. The number of carbonyl (C=O) groups is 2. The Bertz CT molecular complexity index is 512. The molecule has 0 bridgehead atoms. The van der Waals surface area contributed by atoms with Crippen molar-refractivity contribution >= 4 is 11.9 Å². The SMILES string of the molecule is CCNC(=O)NC(=O)C(C)Oc1cc(C(C)C)ccc1C. The van der Waals surface area contributed by atoms with E-state index in [1.54, 1.807) is 13.8 Å². The number of benzene rings is 1. The third-order valence-corrected chi connectivity index (χ3v) is 3.13. The van der Waals surface area contributed by atoms with Gasteiger partial charge in [0.25, 0.3) is 5.91 Å². The smallest absolute Gasteiger partial charge is 0.321 e. The number of rotatable bonds is 5. The Hall–Kier alpha value is -2.04. The molecule has 21 heavy (non-hydrogen) atoms. The number of imide groups is 1. The molecule has 3 amide bonds. The summed E-state index contributed by atoms with van der Waals surface area (Å²) in [4.78, 5) is 23.2. The third-order valence-electron chi connectivity index (χ3n) is 3.13. The molecule has 0 aliphatic heterocycles. The molecule has 0 saturated heterocycles. The van der Waals surface area contributed by atoms with Gasteiger partial charge in [-0.3, -0.25) is 10.1 Å². The number of hydrogen-bond acceptors (Lipinski definition) is 3. The maximum atomic E-state index is 11.9. The average Bonchev–Trinajstić information content (AvgIpc) is 2.40. The highest BCUT2D eigenvalue weighted by atomic mass is 16.5. The summed E-state index contributed by atoms with van der Waals surface area (Å²) in [6.45, 7) is 9.98. The molecule has 0 aliphatic carbocycles. The van der Waals surface area contributed by atoms with E-state index in [1.807, 2.05) is 25.1 Å². The molecular formula is C16H24N2O3. The van der Waals surface area contributed by atoms with Gasteiger partial charge in [-0.15, -0.1) is 0 Å². The molecule has 0 aliphatic rings. The largest absolute Gasteiger partial charge is 0.481 e. The van der Waals surface area contributed by atoms with Gasteiger partial charge in [-0.2, -0.15) is 0 Å². The first kappa shape index (κ1) is 17.0. The summed E-state index contributed by atoms with van der Waals surface area (Å²) in [5.74, 6) is 0.586. The fraction of sp³-hybridized carbons (Fsp3) is 0.500. The van der Waals surface area contributed by atoms with Crippen molar-refractivity contribution in [1.82, 2.24) is 10.6 Å². The van der Waals surface area contributed by atoms with Crippen LogP contribution < -0.4 is 15.4 Å². The summed E-state index contributed by atoms with van der Waals surface area (Å²) in [6.07, 6.45) is -0.742. The van der Waals surface area contributed by atoms with Crippen LogP contribution in [0.2, 0.25) is 0 Å².